The first kappa shape index (κ1) is 20.6. The SMILES string of the molecule is CC(C)(C)[Si](C)(C)O[C@@H]1[C@H]2O[C@H]3O[C@@H]([C@@H]2OCc2ccccc2Br)[C@@]2(CO2)[C@H]1O3. The first-order valence-electron chi connectivity index (χ1n) is 10.3. The Morgan fingerprint density at radius 2 is 1.76 bits per heavy atom. The van der Waals surface area contributed by atoms with Crippen LogP contribution in [0, 0.1) is 0 Å². The zero-order valence-corrected chi connectivity index (χ0v) is 20.1. The van der Waals surface area contributed by atoms with Gasteiger partial charge in [-0.3, -0.25) is 0 Å². The summed E-state index contributed by atoms with van der Waals surface area (Å²) < 4.78 is 38.4. The van der Waals surface area contributed by atoms with Gasteiger partial charge in [0, 0.05) is 4.47 Å². The van der Waals surface area contributed by atoms with Crippen molar-refractivity contribution in [2.75, 3.05) is 6.61 Å². The topological polar surface area (TPSA) is 58.7 Å². The molecule has 4 heterocycles. The van der Waals surface area contributed by atoms with E-state index in [1.807, 2.05) is 18.2 Å². The fourth-order valence-electron chi connectivity index (χ4n) is 4.29. The molecule has 0 unspecified atom stereocenters. The Kier molecular flexibility index (Phi) is 4.85. The zero-order valence-electron chi connectivity index (χ0n) is 17.5. The van der Waals surface area contributed by atoms with Crippen LogP contribution in [0.25, 0.3) is 0 Å². The van der Waals surface area contributed by atoms with Crippen LogP contribution in [-0.4, -0.2) is 57.5 Å². The molecule has 0 N–H and O–H groups in total. The molecule has 5 fully saturated rings. The van der Waals surface area contributed by atoms with Crippen molar-refractivity contribution in [1.29, 1.82) is 0 Å². The fraction of sp³-hybridized carbons (Fsp3) is 0.714. The first-order chi connectivity index (χ1) is 13.6. The van der Waals surface area contributed by atoms with Crippen LogP contribution in [0.1, 0.15) is 26.3 Å². The number of hydrogen-bond donors (Lipinski definition) is 0. The molecule has 6 nitrogen and oxygen atoms in total. The van der Waals surface area contributed by atoms with Crippen LogP contribution in [0.3, 0.4) is 0 Å². The molecule has 0 amide bonds. The Morgan fingerprint density at radius 1 is 1.10 bits per heavy atom. The molecule has 1 aliphatic carbocycles. The van der Waals surface area contributed by atoms with Crippen LogP contribution in [0.5, 0.6) is 0 Å². The predicted octanol–water partition coefficient (Wildman–Crippen LogP) is 3.97. The van der Waals surface area contributed by atoms with Crippen molar-refractivity contribution in [2.45, 2.75) is 88.1 Å². The normalized spacial score (nSPS) is 40.6. The summed E-state index contributed by atoms with van der Waals surface area (Å²) in [5.74, 6) is 0. The second-order valence-corrected chi connectivity index (χ2v) is 15.6. The third kappa shape index (κ3) is 3.27. The summed E-state index contributed by atoms with van der Waals surface area (Å²) in [6, 6.07) is 8.08. The van der Waals surface area contributed by atoms with Crippen LogP contribution in [0.2, 0.25) is 18.1 Å². The van der Waals surface area contributed by atoms with Crippen molar-refractivity contribution in [1.82, 2.24) is 0 Å². The number of ether oxygens (including phenoxy) is 5. The minimum absolute atomic E-state index is 0.0843. The lowest BCUT2D eigenvalue weighted by Crippen LogP contribution is -2.78. The summed E-state index contributed by atoms with van der Waals surface area (Å²) in [7, 11) is -2.05. The summed E-state index contributed by atoms with van der Waals surface area (Å²) in [4.78, 5) is 0. The highest BCUT2D eigenvalue weighted by Gasteiger charge is 2.76. The van der Waals surface area contributed by atoms with Crippen molar-refractivity contribution >= 4 is 24.2 Å². The highest BCUT2D eigenvalue weighted by Crippen LogP contribution is 2.55. The van der Waals surface area contributed by atoms with Gasteiger partial charge in [0.15, 0.2) is 8.32 Å². The van der Waals surface area contributed by atoms with Gasteiger partial charge in [-0.1, -0.05) is 54.9 Å². The van der Waals surface area contributed by atoms with Gasteiger partial charge in [0.2, 0.25) is 0 Å². The summed E-state index contributed by atoms with van der Waals surface area (Å²) in [5.41, 5.74) is 0.604. The predicted molar refractivity (Wildman–Crippen MR) is 112 cm³/mol. The third-order valence-electron chi connectivity index (χ3n) is 7.09. The van der Waals surface area contributed by atoms with E-state index < -0.39 is 20.4 Å². The van der Waals surface area contributed by atoms with E-state index in [4.69, 9.17) is 28.1 Å². The number of benzene rings is 1. The number of epoxide rings is 1. The van der Waals surface area contributed by atoms with E-state index in [0.717, 1.165) is 10.0 Å². The van der Waals surface area contributed by atoms with Gasteiger partial charge in [-0.15, -0.1) is 0 Å². The smallest absolute Gasteiger partial charge is 0.273 e. The molecule has 29 heavy (non-hydrogen) atoms. The van der Waals surface area contributed by atoms with Crippen molar-refractivity contribution in [3.63, 3.8) is 0 Å². The van der Waals surface area contributed by atoms with Gasteiger partial charge in [0.05, 0.1) is 13.2 Å². The molecular weight excluding hydrogens is 456 g/mol. The molecule has 7 atom stereocenters. The third-order valence-corrected chi connectivity index (χ3v) is 12.3. The Balaban J connectivity index is 1.42. The Morgan fingerprint density at radius 3 is 2.38 bits per heavy atom. The van der Waals surface area contributed by atoms with Crippen molar-refractivity contribution in [3.8, 4) is 0 Å². The summed E-state index contributed by atoms with van der Waals surface area (Å²) in [6.45, 7) is 11.6. The van der Waals surface area contributed by atoms with Crippen LogP contribution < -0.4 is 0 Å². The molecule has 6 rings (SSSR count). The molecule has 8 heteroatoms. The number of hydrogen-bond acceptors (Lipinski definition) is 6. The second kappa shape index (κ2) is 6.84. The Labute approximate surface area is 181 Å². The van der Waals surface area contributed by atoms with E-state index in [1.54, 1.807) is 0 Å². The average molecular weight is 485 g/mol. The van der Waals surface area contributed by atoms with E-state index in [1.165, 1.54) is 0 Å². The maximum atomic E-state index is 6.82. The van der Waals surface area contributed by atoms with Gasteiger partial charge in [-0.2, -0.15) is 0 Å². The van der Waals surface area contributed by atoms with Gasteiger partial charge >= 0.3 is 0 Å². The highest BCUT2D eigenvalue weighted by molar-refractivity contribution is 9.10. The first-order valence-corrected chi connectivity index (χ1v) is 14.0. The average Bonchev–Trinajstić information content (AvgIpc) is 3.43. The van der Waals surface area contributed by atoms with E-state index in [-0.39, 0.29) is 35.6 Å². The van der Waals surface area contributed by atoms with Gasteiger partial charge in [0.1, 0.15) is 36.1 Å². The maximum Gasteiger partial charge on any atom is 0.273 e. The van der Waals surface area contributed by atoms with Gasteiger partial charge in [-0.05, 0) is 29.8 Å². The molecule has 0 aromatic heterocycles. The minimum Gasteiger partial charge on any atom is -0.408 e. The standard InChI is InChI=1S/C21H29BrO6Si/c1-20(2,3)29(4,5)28-16-14-15(23-10-12-8-6-7-9-13(12)22)17-21(11-24-21)18(16)27-19(25-14)26-17/h6-9,14-19H,10-11H2,1-5H3/t14-,15+,16+,17-,18-,19-,21-/m0/s1. The van der Waals surface area contributed by atoms with Crippen LogP contribution in [-0.2, 0) is 34.7 Å². The van der Waals surface area contributed by atoms with Crippen LogP contribution >= 0.6 is 15.9 Å². The molecule has 4 bridgehead atoms. The molecule has 1 aromatic rings. The molecule has 4 saturated heterocycles. The molecule has 1 saturated carbocycles. The van der Waals surface area contributed by atoms with Crippen molar-refractivity contribution in [2.24, 2.45) is 0 Å². The molecule has 5 aliphatic rings. The largest absolute Gasteiger partial charge is 0.408 e. The molecule has 1 spiro atoms. The number of halogens is 1. The second-order valence-electron chi connectivity index (χ2n) is 9.96. The van der Waals surface area contributed by atoms with E-state index in [9.17, 15) is 0 Å². The quantitative estimate of drug-likeness (QED) is 0.465. The minimum atomic E-state index is -2.05. The van der Waals surface area contributed by atoms with Crippen molar-refractivity contribution in [3.05, 3.63) is 34.3 Å². The van der Waals surface area contributed by atoms with Gasteiger partial charge in [-0.25, -0.2) is 0 Å². The number of rotatable bonds is 5. The van der Waals surface area contributed by atoms with Crippen molar-refractivity contribution < 1.29 is 28.1 Å². The van der Waals surface area contributed by atoms with Gasteiger partial charge in [0.25, 0.3) is 6.48 Å². The molecular formula is C21H29BrO6Si. The van der Waals surface area contributed by atoms with Crippen LogP contribution in [0.4, 0.5) is 0 Å². The monoisotopic (exact) mass is 484 g/mol. The van der Waals surface area contributed by atoms with Gasteiger partial charge < -0.3 is 28.1 Å². The lowest BCUT2D eigenvalue weighted by atomic mass is 9.76. The lowest BCUT2D eigenvalue weighted by Gasteiger charge is -2.60. The molecule has 0 radical (unpaired) electrons. The lowest BCUT2D eigenvalue weighted by molar-refractivity contribution is -0.479. The summed E-state index contributed by atoms with van der Waals surface area (Å²) in [5, 5.41) is 0.0843. The van der Waals surface area contributed by atoms with Crippen LogP contribution in [0.15, 0.2) is 28.7 Å². The Bertz CT molecular complexity index is 792. The molecule has 4 aliphatic heterocycles. The van der Waals surface area contributed by atoms with E-state index in [0.29, 0.717) is 13.2 Å². The Hall–Kier alpha value is -0.323. The molecule has 160 valence electrons. The van der Waals surface area contributed by atoms with E-state index >= 15 is 0 Å². The highest BCUT2D eigenvalue weighted by atomic mass is 79.9. The maximum absolute atomic E-state index is 6.82. The van der Waals surface area contributed by atoms with E-state index in [2.05, 4.69) is 55.9 Å². The summed E-state index contributed by atoms with van der Waals surface area (Å²) >= 11 is 3.60. The fourth-order valence-corrected chi connectivity index (χ4v) is 5.99. The molecule has 1 aromatic carbocycles. The summed E-state index contributed by atoms with van der Waals surface area (Å²) in [6.07, 6.45) is -1.10. The zero-order chi connectivity index (χ0) is 20.6.